The Hall–Kier alpha value is -0.480. The first kappa shape index (κ1) is 13.6. The minimum atomic E-state index is -0.196. The zero-order valence-electron chi connectivity index (χ0n) is 8.97. The highest BCUT2D eigenvalue weighted by Crippen LogP contribution is 2.18. The lowest BCUT2D eigenvalue weighted by atomic mass is 9.90. The summed E-state index contributed by atoms with van der Waals surface area (Å²) in [5.41, 5.74) is 0. The molecular formula is C10H16Cl2N2O2. The van der Waals surface area contributed by atoms with Crippen molar-refractivity contribution >= 4 is 35.0 Å². The Bertz CT molecular complexity index is 235. The minimum absolute atomic E-state index is 0.0211. The van der Waals surface area contributed by atoms with Gasteiger partial charge >= 0.3 is 0 Å². The van der Waals surface area contributed by atoms with Crippen LogP contribution in [0.3, 0.4) is 0 Å². The second-order valence-corrected chi connectivity index (χ2v) is 4.43. The van der Waals surface area contributed by atoms with Gasteiger partial charge in [-0.1, -0.05) is 12.8 Å². The van der Waals surface area contributed by atoms with Gasteiger partial charge in [0.1, 0.15) is 11.8 Å². The molecule has 0 spiro atoms. The molecule has 0 aromatic heterocycles. The summed E-state index contributed by atoms with van der Waals surface area (Å²) in [6.45, 7) is 0. The Morgan fingerprint density at radius 3 is 1.62 bits per heavy atom. The molecule has 0 aromatic carbocycles. The normalized spacial score (nSPS) is 24.9. The summed E-state index contributed by atoms with van der Waals surface area (Å²) in [6, 6.07) is -0.0423. The maximum absolute atomic E-state index is 11.2. The van der Waals surface area contributed by atoms with E-state index < -0.39 is 0 Å². The van der Waals surface area contributed by atoms with Crippen LogP contribution in [0.15, 0.2) is 0 Å². The molecule has 0 aliphatic heterocycles. The van der Waals surface area contributed by atoms with E-state index in [1.54, 1.807) is 0 Å². The zero-order chi connectivity index (χ0) is 12.0. The van der Waals surface area contributed by atoms with Crippen LogP contribution in [0.25, 0.3) is 0 Å². The second-order valence-electron chi connectivity index (χ2n) is 3.90. The molecule has 0 heterocycles. The maximum Gasteiger partial charge on any atom is 0.235 e. The van der Waals surface area contributed by atoms with E-state index in [-0.39, 0.29) is 35.7 Å². The third-order valence-corrected chi connectivity index (χ3v) is 3.19. The van der Waals surface area contributed by atoms with Crippen LogP contribution in [0.4, 0.5) is 0 Å². The molecule has 6 heteroatoms. The molecular weight excluding hydrogens is 251 g/mol. The number of carbonyl (C=O) groups excluding carboxylic acids is 2. The molecule has 2 N–H and O–H groups in total. The van der Waals surface area contributed by atoms with E-state index in [0.717, 1.165) is 25.7 Å². The minimum Gasteiger partial charge on any atom is -0.350 e. The fourth-order valence-corrected chi connectivity index (χ4v) is 2.12. The van der Waals surface area contributed by atoms with Gasteiger partial charge in [0.15, 0.2) is 0 Å². The van der Waals surface area contributed by atoms with E-state index in [2.05, 4.69) is 10.6 Å². The van der Waals surface area contributed by atoms with Crippen molar-refractivity contribution < 1.29 is 9.59 Å². The first-order valence-electron chi connectivity index (χ1n) is 5.38. The van der Waals surface area contributed by atoms with Gasteiger partial charge in [-0.05, 0) is 12.8 Å². The Balaban J connectivity index is 2.49. The molecule has 1 aliphatic rings. The van der Waals surface area contributed by atoms with Crippen LogP contribution in [-0.2, 0) is 9.59 Å². The summed E-state index contributed by atoms with van der Waals surface area (Å²) in [5, 5.41) is 5.64. The quantitative estimate of drug-likeness (QED) is 0.747. The summed E-state index contributed by atoms with van der Waals surface area (Å²) in [6.07, 6.45) is 3.85. The molecule has 0 bridgehead atoms. The van der Waals surface area contributed by atoms with E-state index >= 15 is 0 Å². The lowest BCUT2D eigenvalue weighted by Crippen LogP contribution is -2.53. The van der Waals surface area contributed by atoms with Crippen LogP contribution in [0.2, 0.25) is 0 Å². The molecule has 2 atom stereocenters. The number of hydrogen-bond donors (Lipinski definition) is 2. The number of hydrogen-bond acceptors (Lipinski definition) is 2. The standard InChI is InChI=1S/C10H16Cl2N2O2/c11-5-9(15)13-7-3-1-2-4-8(7)14-10(16)6-12/h7-8H,1-6H2,(H,13,15)(H,14,16)/t7-,8-/m1/s1. The summed E-state index contributed by atoms with van der Waals surface area (Å²) in [4.78, 5) is 22.4. The Morgan fingerprint density at radius 2 is 1.31 bits per heavy atom. The molecule has 92 valence electrons. The van der Waals surface area contributed by atoms with Crippen LogP contribution >= 0.6 is 23.2 Å². The molecule has 2 amide bonds. The Labute approximate surface area is 105 Å². The third kappa shape index (κ3) is 4.18. The molecule has 0 unspecified atom stereocenters. The van der Waals surface area contributed by atoms with Crippen LogP contribution in [-0.4, -0.2) is 35.7 Å². The van der Waals surface area contributed by atoms with Crippen molar-refractivity contribution in [3.8, 4) is 0 Å². The van der Waals surface area contributed by atoms with Crippen molar-refractivity contribution in [2.75, 3.05) is 11.8 Å². The number of rotatable bonds is 4. The van der Waals surface area contributed by atoms with Gasteiger partial charge < -0.3 is 10.6 Å². The zero-order valence-corrected chi connectivity index (χ0v) is 10.5. The van der Waals surface area contributed by atoms with Gasteiger partial charge in [-0.2, -0.15) is 0 Å². The molecule has 16 heavy (non-hydrogen) atoms. The van der Waals surface area contributed by atoms with E-state index in [9.17, 15) is 9.59 Å². The van der Waals surface area contributed by atoms with Crippen molar-refractivity contribution in [2.45, 2.75) is 37.8 Å². The van der Waals surface area contributed by atoms with Gasteiger partial charge in [-0.25, -0.2) is 0 Å². The summed E-state index contributed by atoms with van der Waals surface area (Å²) < 4.78 is 0. The van der Waals surface area contributed by atoms with Gasteiger partial charge in [0.05, 0.1) is 0 Å². The average molecular weight is 267 g/mol. The number of carbonyl (C=O) groups is 2. The topological polar surface area (TPSA) is 58.2 Å². The number of nitrogens with one attached hydrogen (secondary N) is 2. The molecule has 4 nitrogen and oxygen atoms in total. The fraction of sp³-hybridized carbons (Fsp3) is 0.800. The molecule has 1 saturated carbocycles. The fourth-order valence-electron chi connectivity index (χ4n) is 1.97. The van der Waals surface area contributed by atoms with Crippen LogP contribution in [0, 0.1) is 0 Å². The lowest BCUT2D eigenvalue weighted by molar-refractivity contribution is -0.122. The first-order valence-corrected chi connectivity index (χ1v) is 6.45. The molecule has 1 aliphatic carbocycles. The van der Waals surface area contributed by atoms with Crippen molar-refractivity contribution in [1.82, 2.24) is 10.6 Å². The molecule has 1 fully saturated rings. The van der Waals surface area contributed by atoms with Crippen LogP contribution in [0.1, 0.15) is 25.7 Å². The highest BCUT2D eigenvalue weighted by molar-refractivity contribution is 6.27. The van der Waals surface area contributed by atoms with Crippen LogP contribution in [0.5, 0.6) is 0 Å². The molecule has 0 aromatic rings. The predicted octanol–water partition coefficient (Wildman–Crippen LogP) is 1.01. The number of alkyl halides is 2. The van der Waals surface area contributed by atoms with Gasteiger partial charge in [-0.3, -0.25) is 9.59 Å². The number of halogens is 2. The predicted molar refractivity (Wildman–Crippen MR) is 63.8 cm³/mol. The average Bonchev–Trinajstić information content (AvgIpc) is 2.31. The highest BCUT2D eigenvalue weighted by Gasteiger charge is 2.27. The lowest BCUT2D eigenvalue weighted by Gasteiger charge is -2.32. The summed E-state index contributed by atoms with van der Waals surface area (Å²) in [7, 11) is 0. The second kappa shape index (κ2) is 6.97. The number of amides is 2. The van der Waals surface area contributed by atoms with Crippen LogP contribution < -0.4 is 10.6 Å². The van der Waals surface area contributed by atoms with Crippen molar-refractivity contribution in [2.24, 2.45) is 0 Å². The molecule has 0 radical (unpaired) electrons. The van der Waals surface area contributed by atoms with Gasteiger partial charge in [0.2, 0.25) is 11.8 Å². The van der Waals surface area contributed by atoms with Gasteiger partial charge in [0.25, 0.3) is 0 Å². The Morgan fingerprint density at radius 1 is 0.938 bits per heavy atom. The summed E-state index contributed by atoms with van der Waals surface area (Å²) in [5.74, 6) is -0.489. The Kier molecular flexibility index (Phi) is 5.91. The van der Waals surface area contributed by atoms with Gasteiger partial charge in [0, 0.05) is 12.1 Å². The van der Waals surface area contributed by atoms with Crippen molar-refractivity contribution in [1.29, 1.82) is 0 Å². The maximum atomic E-state index is 11.2. The van der Waals surface area contributed by atoms with Crippen molar-refractivity contribution in [3.63, 3.8) is 0 Å². The first-order chi connectivity index (χ1) is 7.67. The van der Waals surface area contributed by atoms with Crippen molar-refractivity contribution in [3.05, 3.63) is 0 Å². The van der Waals surface area contributed by atoms with Gasteiger partial charge in [-0.15, -0.1) is 23.2 Å². The highest BCUT2D eigenvalue weighted by atomic mass is 35.5. The smallest absolute Gasteiger partial charge is 0.235 e. The van der Waals surface area contributed by atoms with E-state index in [4.69, 9.17) is 23.2 Å². The molecule has 1 rings (SSSR count). The SMILES string of the molecule is O=C(CCl)N[C@@H]1CCCC[C@H]1NC(=O)CCl. The van der Waals surface area contributed by atoms with E-state index in [1.165, 1.54) is 0 Å². The monoisotopic (exact) mass is 266 g/mol. The third-order valence-electron chi connectivity index (χ3n) is 2.70. The molecule has 0 saturated heterocycles. The largest absolute Gasteiger partial charge is 0.350 e. The van der Waals surface area contributed by atoms with E-state index in [0.29, 0.717) is 0 Å². The summed E-state index contributed by atoms with van der Waals surface area (Å²) >= 11 is 10.9. The van der Waals surface area contributed by atoms with E-state index in [1.807, 2.05) is 0 Å².